The molecule has 0 aliphatic heterocycles. The third-order valence-corrected chi connectivity index (χ3v) is 2.52. The van der Waals surface area contributed by atoms with Gasteiger partial charge in [-0.3, -0.25) is 4.98 Å². The van der Waals surface area contributed by atoms with Crippen LogP contribution in [0.1, 0.15) is 37.2 Å². The van der Waals surface area contributed by atoms with Gasteiger partial charge in [-0.15, -0.1) is 0 Å². The number of aliphatic carboxylic acids is 1. The van der Waals surface area contributed by atoms with Crippen LogP contribution >= 0.6 is 0 Å². The molecule has 2 aromatic heterocycles. The summed E-state index contributed by atoms with van der Waals surface area (Å²) in [6, 6.07) is 3.34. The highest BCUT2D eigenvalue weighted by Gasteiger charge is 2.09. The molecule has 1 N–H and O–H groups in total. The van der Waals surface area contributed by atoms with Crippen LogP contribution in [0.15, 0.2) is 28.9 Å². The number of aromatic nitrogens is 3. The maximum absolute atomic E-state index is 10.4. The Morgan fingerprint density at radius 3 is 2.86 bits per heavy atom. The lowest BCUT2D eigenvalue weighted by Gasteiger charge is -2.02. The van der Waals surface area contributed by atoms with Crippen molar-refractivity contribution in [1.29, 1.82) is 0 Å². The molecule has 0 unspecified atom stereocenters. The zero-order valence-electron chi connectivity index (χ0n) is 11.7. The van der Waals surface area contributed by atoms with Gasteiger partial charge >= 0.3 is 5.97 Å². The molecular formula is C14H15N3O4. The summed E-state index contributed by atoms with van der Waals surface area (Å²) in [5.41, 5.74) is 0.532. The van der Waals surface area contributed by atoms with Gasteiger partial charge in [0.05, 0.1) is 11.9 Å². The van der Waals surface area contributed by atoms with Crippen LogP contribution in [0, 0.1) is 0 Å². The molecule has 21 heavy (non-hydrogen) atoms. The number of rotatable bonds is 6. The monoisotopic (exact) mass is 289 g/mol. The summed E-state index contributed by atoms with van der Waals surface area (Å²) in [5, 5.41) is 12.4. The Bertz CT molecular complexity index is 632. The van der Waals surface area contributed by atoms with Crippen LogP contribution in [-0.2, 0) is 11.4 Å². The third kappa shape index (κ3) is 4.41. The van der Waals surface area contributed by atoms with Crippen LogP contribution in [0.2, 0.25) is 0 Å². The summed E-state index contributed by atoms with van der Waals surface area (Å²) in [6.07, 6.45) is 3.93. The van der Waals surface area contributed by atoms with Crippen molar-refractivity contribution in [2.24, 2.45) is 0 Å². The molecule has 7 heteroatoms. The molecule has 2 rings (SSSR count). The van der Waals surface area contributed by atoms with Crippen LogP contribution in [-0.4, -0.2) is 26.2 Å². The minimum Gasteiger partial charge on any atom is -0.482 e. The molecule has 0 spiro atoms. The van der Waals surface area contributed by atoms with Gasteiger partial charge in [0, 0.05) is 12.0 Å². The van der Waals surface area contributed by atoms with Gasteiger partial charge in [-0.1, -0.05) is 19.0 Å². The minimum atomic E-state index is -1.02. The highest BCUT2D eigenvalue weighted by Crippen LogP contribution is 2.14. The van der Waals surface area contributed by atoms with E-state index in [2.05, 4.69) is 15.1 Å². The normalized spacial score (nSPS) is 11.2. The average Bonchev–Trinajstić information content (AvgIpc) is 2.93. The first-order chi connectivity index (χ1) is 10.0. The lowest BCUT2D eigenvalue weighted by Crippen LogP contribution is -1.97. The van der Waals surface area contributed by atoms with E-state index in [0.29, 0.717) is 23.2 Å². The van der Waals surface area contributed by atoms with E-state index in [1.165, 1.54) is 12.3 Å². The molecular weight excluding hydrogens is 274 g/mol. The topological polar surface area (TPSA) is 98.3 Å². The highest BCUT2D eigenvalue weighted by molar-refractivity contribution is 5.84. The van der Waals surface area contributed by atoms with E-state index in [4.69, 9.17) is 14.4 Å². The van der Waals surface area contributed by atoms with Gasteiger partial charge in [0.1, 0.15) is 5.75 Å². The zero-order valence-corrected chi connectivity index (χ0v) is 11.7. The lowest BCUT2D eigenvalue weighted by molar-refractivity contribution is -0.131. The van der Waals surface area contributed by atoms with Crippen molar-refractivity contribution in [3.8, 4) is 5.75 Å². The van der Waals surface area contributed by atoms with Crippen LogP contribution < -0.4 is 4.74 Å². The second-order valence-corrected chi connectivity index (χ2v) is 4.58. The average molecular weight is 289 g/mol. The molecule has 0 radical (unpaired) electrons. The summed E-state index contributed by atoms with van der Waals surface area (Å²) >= 11 is 0. The van der Waals surface area contributed by atoms with Crippen LogP contribution in [0.4, 0.5) is 0 Å². The van der Waals surface area contributed by atoms with E-state index in [9.17, 15) is 4.79 Å². The number of carboxylic acids is 1. The van der Waals surface area contributed by atoms with Gasteiger partial charge in [0.15, 0.2) is 12.4 Å². The SMILES string of the molecule is CC(C)c1noc(COc2ccc(C=CC(=O)O)nc2)n1. The maximum atomic E-state index is 10.4. The Morgan fingerprint density at radius 1 is 1.48 bits per heavy atom. The predicted octanol–water partition coefficient (Wildman–Crippen LogP) is 2.26. The number of carbonyl (C=O) groups is 1. The first-order valence-corrected chi connectivity index (χ1v) is 6.37. The van der Waals surface area contributed by atoms with Gasteiger partial charge in [0.2, 0.25) is 0 Å². The Kier molecular flexibility index (Phi) is 4.65. The molecule has 0 bridgehead atoms. The highest BCUT2D eigenvalue weighted by atomic mass is 16.5. The van der Waals surface area contributed by atoms with Crippen molar-refractivity contribution >= 4 is 12.0 Å². The molecule has 0 aliphatic rings. The fourth-order valence-corrected chi connectivity index (χ4v) is 1.44. The number of pyridine rings is 1. The lowest BCUT2D eigenvalue weighted by atomic mass is 10.2. The molecule has 110 valence electrons. The van der Waals surface area contributed by atoms with Crippen LogP contribution in [0.25, 0.3) is 6.08 Å². The van der Waals surface area contributed by atoms with Crippen molar-refractivity contribution < 1.29 is 19.2 Å². The number of carboxylic acid groups (broad SMARTS) is 1. The first-order valence-electron chi connectivity index (χ1n) is 6.37. The second kappa shape index (κ2) is 6.65. The number of hydrogen-bond acceptors (Lipinski definition) is 6. The van der Waals surface area contributed by atoms with Crippen molar-refractivity contribution in [2.45, 2.75) is 26.4 Å². The smallest absolute Gasteiger partial charge is 0.328 e. The second-order valence-electron chi connectivity index (χ2n) is 4.58. The fraction of sp³-hybridized carbons (Fsp3) is 0.286. The van der Waals surface area contributed by atoms with E-state index in [0.717, 1.165) is 6.08 Å². The first kappa shape index (κ1) is 14.7. The van der Waals surface area contributed by atoms with Gasteiger partial charge in [-0.2, -0.15) is 4.98 Å². The van der Waals surface area contributed by atoms with E-state index >= 15 is 0 Å². The summed E-state index contributed by atoms with van der Waals surface area (Å²) in [4.78, 5) is 18.6. The van der Waals surface area contributed by atoms with Crippen LogP contribution in [0.5, 0.6) is 5.75 Å². The van der Waals surface area contributed by atoms with Crippen molar-refractivity contribution in [3.63, 3.8) is 0 Å². The molecule has 0 fully saturated rings. The predicted molar refractivity (Wildman–Crippen MR) is 73.6 cm³/mol. The molecule has 0 aromatic carbocycles. The number of nitrogens with zero attached hydrogens (tertiary/aromatic N) is 3. The van der Waals surface area contributed by atoms with Gasteiger partial charge < -0.3 is 14.4 Å². The Morgan fingerprint density at radius 2 is 2.29 bits per heavy atom. The van der Waals surface area contributed by atoms with Crippen molar-refractivity contribution in [2.75, 3.05) is 0 Å². The quantitative estimate of drug-likeness (QED) is 0.814. The molecule has 2 aromatic rings. The van der Waals surface area contributed by atoms with E-state index in [1.54, 1.807) is 12.1 Å². The summed E-state index contributed by atoms with van der Waals surface area (Å²) in [5.74, 6) is 0.750. The summed E-state index contributed by atoms with van der Waals surface area (Å²) in [6.45, 7) is 4.11. The van der Waals surface area contributed by atoms with Crippen LogP contribution in [0.3, 0.4) is 0 Å². The molecule has 0 atom stereocenters. The van der Waals surface area contributed by atoms with E-state index in [-0.39, 0.29) is 12.5 Å². The Balaban J connectivity index is 1.92. The third-order valence-electron chi connectivity index (χ3n) is 2.52. The van der Waals surface area contributed by atoms with Gasteiger partial charge in [-0.25, -0.2) is 4.79 Å². The zero-order chi connectivity index (χ0) is 15.2. The van der Waals surface area contributed by atoms with Crippen molar-refractivity contribution in [3.05, 3.63) is 41.8 Å². The molecule has 0 amide bonds. The number of hydrogen-bond donors (Lipinski definition) is 1. The molecule has 0 saturated carbocycles. The standard InChI is InChI=1S/C14H15N3O4/c1-9(2)14-16-12(21-17-14)8-20-11-5-3-10(15-7-11)4-6-13(18)19/h3-7,9H,8H2,1-2H3,(H,18,19). The Hall–Kier alpha value is -2.70. The van der Waals surface area contributed by atoms with E-state index in [1.807, 2.05) is 13.8 Å². The Labute approximate surface area is 121 Å². The molecule has 2 heterocycles. The largest absolute Gasteiger partial charge is 0.482 e. The van der Waals surface area contributed by atoms with Crippen molar-refractivity contribution in [1.82, 2.24) is 15.1 Å². The maximum Gasteiger partial charge on any atom is 0.328 e. The number of ether oxygens (including phenoxy) is 1. The fourth-order valence-electron chi connectivity index (χ4n) is 1.44. The molecule has 7 nitrogen and oxygen atoms in total. The van der Waals surface area contributed by atoms with Gasteiger partial charge in [-0.05, 0) is 18.2 Å². The summed E-state index contributed by atoms with van der Waals surface area (Å²) < 4.78 is 10.5. The molecule has 0 aliphatic carbocycles. The molecule has 0 saturated heterocycles. The van der Waals surface area contributed by atoms with Gasteiger partial charge in [0.25, 0.3) is 5.89 Å². The summed E-state index contributed by atoms with van der Waals surface area (Å²) in [7, 11) is 0. The van der Waals surface area contributed by atoms with E-state index < -0.39 is 5.97 Å². The minimum absolute atomic E-state index is 0.158.